The summed E-state index contributed by atoms with van der Waals surface area (Å²) in [7, 11) is 0. The Balaban J connectivity index is 2.01. The highest BCUT2D eigenvalue weighted by Crippen LogP contribution is 2.44. The van der Waals surface area contributed by atoms with E-state index in [4.69, 9.17) is 5.26 Å². The minimum Gasteiger partial charge on any atom is -0.314 e. The minimum atomic E-state index is -0.306. The van der Waals surface area contributed by atoms with Crippen molar-refractivity contribution in [2.75, 3.05) is 13.1 Å². The van der Waals surface area contributed by atoms with E-state index in [1.54, 1.807) is 6.07 Å². The second-order valence-corrected chi connectivity index (χ2v) is 6.92. The molecule has 1 aliphatic rings. The molecule has 2 rings (SSSR count). The molecular weight excluding hydrogens is 307 g/mol. The van der Waals surface area contributed by atoms with Crippen LogP contribution in [-0.4, -0.2) is 13.1 Å². The third-order valence-corrected chi connectivity index (χ3v) is 4.27. The Labute approximate surface area is 122 Å². The molecule has 1 N–H and O–H groups in total. The van der Waals surface area contributed by atoms with Crippen LogP contribution in [0.5, 0.6) is 0 Å². The number of nitriles is 1. The Kier molecular flexibility index (Phi) is 3.98. The van der Waals surface area contributed by atoms with Crippen molar-refractivity contribution in [3.8, 4) is 6.07 Å². The maximum absolute atomic E-state index is 13.9. The predicted molar refractivity (Wildman–Crippen MR) is 77.3 cm³/mol. The molecule has 1 aromatic rings. The van der Waals surface area contributed by atoms with Crippen molar-refractivity contribution in [3.05, 3.63) is 34.1 Å². The number of hydrogen-bond acceptors (Lipinski definition) is 2. The first kappa shape index (κ1) is 14.5. The third kappa shape index (κ3) is 3.34. The molecule has 1 fully saturated rings. The first-order valence-electron chi connectivity index (χ1n) is 6.46. The summed E-state index contributed by atoms with van der Waals surface area (Å²) >= 11 is 3.38. The number of rotatable bonds is 5. The molecule has 0 unspecified atom stereocenters. The molecule has 0 radical (unpaired) electrons. The van der Waals surface area contributed by atoms with Gasteiger partial charge in [-0.1, -0.05) is 29.8 Å². The average Bonchev–Trinajstić information content (AvgIpc) is 3.12. The first-order valence-corrected chi connectivity index (χ1v) is 7.25. The van der Waals surface area contributed by atoms with Crippen LogP contribution in [0, 0.1) is 22.6 Å². The van der Waals surface area contributed by atoms with Crippen LogP contribution in [0.25, 0.3) is 0 Å². The zero-order valence-corrected chi connectivity index (χ0v) is 12.8. The van der Waals surface area contributed by atoms with Gasteiger partial charge in [0.1, 0.15) is 5.82 Å². The summed E-state index contributed by atoms with van der Waals surface area (Å²) in [6.45, 7) is 5.37. The summed E-state index contributed by atoms with van der Waals surface area (Å²) in [4.78, 5) is 0. The Bertz CT molecular complexity index is 515. The maximum atomic E-state index is 13.9. The Morgan fingerprint density at radius 2 is 2.16 bits per heavy atom. The second kappa shape index (κ2) is 5.22. The van der Waals surface area contributed by atoms with E-state index in [-0.39, 0.29) is 16.6 Å². The molecule has 2 nitrogen and oxygen atoms in total. The highest BCUT2D eigenvalue weighted by atomic mass is 79.9. The Morgan fingerprint density at radius 3 is 2.74 bits per heavy atom. The minimum absolute atomic E-state index is 0.161. The monoisotopic (exact) mass is 324 g/mol. The molecule has 0 atom stereocenters. The zero-order valence-electron chi connectivity index (χ0n) is 11.3. The van der Waals surface area contributed by atoms with Crippen LogP contribution in [-0.2, 0) is 5.41 Å². The molecule has 0 bridgehead atoms. The van der Waals surface area contributed by atoms with Gasteiger partial charge in [-0.05, 0) is 36.6 Å². The lowest BCUT2D eigenvalue weighted by Crippen LogP contribution is -2.36. The summed E-state index contributed by atoms with van der Waals surface area (Å²) in [5.41, 5.74) is 0.224. The fraction of sp³-hybridized carbons (Fsp3) is 0.533. The van der Waals surface area contributed by atoms with Crippen molar-refractivity contribution in [1.82, 2.24) is 5.32 Å². The average molecular weight is 325 g/mol. The molecule has 1 aromatic carbocycles. The van der Waals surface area contributed by atoms with Crippen molar-refractivity contribution >= 4 is 15.9 Å². The van der Waals surface area contributed by atoms with Crippen LogP contribution < -0.4 is 5.32 Å². The smallest absolute Gasteiger partial charge is 0.127 e. The molecular formula is C15H18BrFN2. The van der Waals surface area contributed by atoms with Crippen molar-refractivity contribution in [3.63, 3.8) is 0 Å². The molecule has 0 amide bonds. The van der Waals surface area contributed by atoms with Crippen LogP contribution in [0.15, 0.2) is 22.7 Å². The zero-order chi connectivity index (χ0) is 14.1. The van der Waals surface area contributed by atoms with Gasteiger partial charge >= 0.3 is 0 Å². The molecule has 0 spiro atoms. The van der Waals surface area contributed by atoms with Gasteiger partial charge in [-0.3, -0.25) is 0 Å². The Hall–Kier alpha value is -0.920. The summed E-state index contributed by atoms with van der Waals surface area (Å²) in [5.74, 6) is -0.184. The van der Waals surface area contributed by atoms with Crippen molar-refractivity contribution < 1.29 is 4.39 Å². The number of nitrogens with one attached hydrogen (secondary N) is 1. The quantitative estimate of drug-likeness (QED) is 0.895. The largest absolute Gasteiger partial charge is 0.314 e. The van der Waals surface area contributed by atoms with E-state index in [2.05, 4.69) is 27.3 Å². The van der Waals surface area contributed by atoms with Gasteiger partial charge in [0.25, 0.3) is 0 Å². The van der Waals surface area contributed by atoms with Gasteiger partial charge in [0.15, 0.2) is 0 Å². The molecule has 0 aromatic heterocycles. The van der Waals surface area contributed by atoms with E-state index in [0.29, 0.717) is 18.7 Å². The third-order valence-electron chi connectivity index (χ3n) is 3.78. The van der Waals surface area contributed by atoms with Gasteiger partial charge in [0.2, 0.25) is 0 Å². The van der Waals surface area contributed by atoms with E-state index >= 15 is 0 Å². The van der Waals surface area contributed by atoms with E-state index in [1.807, 2.05) is 19.9 Å². The van der Waals surface area contributed by atoms with Gasteiger partial charge in [-0.2, -0.15) is 5.26 Å². The van der Waals surface area contributed by atoms with Crippen LogP contribution in [0.1, 0.15) is 32.3 Å². The number of nitrogens with zero attached hydrogens (tertiary/aromatic N) is 1. The van der Waals surface area contributed by atoms with Gasteiger partial charge in [0, 0.05) is 23.0 Å². The predicted octanol–water partition coefficient (Wildman–Crippen LogP) is 3.76. The summed E-state index contributed by atoms with van der Waals surface area (Å²) in [5, 5.41) is 12.3. The van der Waals surface area contributed by atoms with E-state index in [1.165, 1.54) is 6.07 Å². The molecule has 1 saturated carbocycles. The fourth-order valence-electron chi connectivity index (χ4n) is 2.20. The summed E-state index contributed by atoms with van der Waals surface area (Å²) in [6, 6.07) is 7.37. The van der Waals surface area contributed by atoms with Crippen molar-refractivity contribution in [2.45, 2.75) is 32.1 Å². The highest BCUT2D eigenvalue weighted by molar-refractivity contribution is 9.10. The molecule has 19 heavy (non-hydrogen) atoms. The standard InChI is InChI=1S/C15H18BrFN2/c1-14(2,9-19-10-15(8-18)5-6-15)12-7-11(16)3-4-13(12)17/h3-4,7,19H,5-6,9-10H2,1-2H3. The highest BCUT2D eigenvalue weighted by Gasteiger charge is 2.42. The number of benzene rings is 1. The molecule has 0 saturated heterocycles. The van der Waals surface area contributed by atoms with Crippen LogP contribution in [0.4, 0.5) is 4.39 Å². The molecule has 102 valence electrons. The summed E-state index contributed by atoms with van der Waals surface area (Å²) in [6.07, 6.45) is 1.95. The molecule has 0 aliphatic heterocycles. The lowest BCUT2D eigenvalue weighted by atomic mass is 9.84. The van der Waals surface area contributed by atoms with Gasteiger partial charge in [-0.15, -0.1) is 0 Å². The molecule has 0 heterocycles. The van der Waals surface area contributed by atoms with Crippen molar-refractivity contribution in [2.24, 2.45) is 5.41 Å². The Morgan fingerprint density at radius 1 is 1.47 bits per heavy atom. The van der Waals surface area contributed by atoms with Gasteiger partial charge in [-0.25, -0.2) is 4.39 Å². The van der Waals surface area contributed by atoms with Crippen LogP contribution in [0.2, 0.25) is 0 Å². The van der Waals surface area contributed by atoms with E-state index in [0.717, 1.165) is 17.3 Å². The van der Waals surface area contributed by atoms with E-state index in [9.17, 15) is 4.39 Å². The van der Waals surface area contributed by atoms with Crippen LogP contribution >= 0.6 is 15.9 Å². The van der Waals surface area contributed by atoms with Crippen molar-refractivity contribution in [1.29, 1.82) is 5.26 Å². The van der Waals surface area contributed by atoms with Crippen LogP contribution in [0.3, 0.4) is 0 Å². The maximum Gasteiger partial charge on any atom is 0.127 e. The number of hydrogen-bond donors (Lipinski definition) is 1. The lowest BCUT2D eigenvalue weighted by Gasteiger charge is -2.27. The topological polar surface area (TPSA) is 35.8 Å². The normalized spacial score (nSPS) is 17.0. The summed E-state index contributed by atoms with van der Waals surface area (Å²) < 4.78 is 14.8. The van der Waals surface area contributed by atoms with E-state index < -0.39 is 0 Å². The van der Waals surface area contributed by atoms with Gasteiger partial charge in [0.05, 0.1) is 11.5 Å². The first-order chi connectivity index (χ1) is 8.88. The number of halogens is 2. The molecule has 4 heteroatoms. The second-order valence-electron chi connectivity index (χ2n) is 6.00. The molecule has 1 aliphatic carbocycles. The SMILES string of the molecule is CC(C)(CNCC1(C#N)CC1)c1cc(Br)ccc1F. The lowest BCUT2D eigenvalue weighted by molar-refractivity contribution is 0.426. The van der Waals surface area contributed by atoms with Gasteiger partial charge < -0.3 is 5.32 Å². The fourth-order valence-corrected chi connectivity index (χ4v) is 2.57.